The van der Waals surface area contributed by atoms with Gasteiger partial charge in [-0.05, 0) is 60.2 Å². The van der Waals surface area contributed by atoms with Gasteiger partial charge < -0.3 is 10.1 Å². The number of nitrogens with zero attached hydrogens (tertiary/aromatic N) is 1. The van der Waals surface area contributed by atoms with Crippen molar-refractivity contribution in [3.63, 3.8) is 0 Å². The molecule has 1 fully saturated rings. The van der Waals surface area contributed by atoms with Crippen molar-refractivity contribution in [3.05, 3.63) is 53.2 Å². The Labute approximate surface area is 147 Å². The van der Waals surface area contributed by atoms with E-state index in [0.29, 0.717) is 17.3 Å². The van der Waals surface area contributed by atoms with E-state index in [0.717, 1.165) is 16.9 Å². The smallest absolute Gasteiger partial charge is 0.257 e. The van der Waals surface area contributed by atoms with Crippen LogP contribution in [-0.4, -0.2) is 18.0 Å². The van der Waals surface area contributed by atoms with Crippen molar-refractivity contribution < 1.29 is 9.53 Å². The molecule has 0 atom stereocenters. The number of anilines is 1. The predicted molar refractivity (Wildman–Crippen MR) is 99.6 cm³/mol. The molecule has 25 heavy (non-hydrogen) atoms. The number of benzene rings is 1. The van der Waals surface area contributed by atoms with Gasteiger partial charge in [0.05, 0.1) is 12.7 Å². The van der Waals surface area contributed by atoms with E-state index >= 15 is 0 Å². The fraction of sp³-hybridized carbons (Fsp3) is 0.333. The highest BCUT2D eigenvalue weighted by Crippen LogP contribution is 2.39. The van der Waals surface area contributed by atoms with Gasteiger partial charge in [0, 0.05) is 11.8 Å². The third-order valence-electron chi connectivity index (χ3n) is 5.18. The fourth-order valence-electron chi connectivity index (χ4n) is 3.90. The monoisotopic (exact) mass is 334 g/mol. The zero-order valence-corrected chi connectivity index (χ0v) is 14.4. The molecule has 128 valence electrons. The number of carbonyl (C=O) groups excluding carboxylic acids is 1. The number of ether oxygens (including phenoxy) is 1. The number of carbonyl (C=O) groups is 1. The number of rotatable bonds is 3. The summed E-state index contributed by atoms with van der Waals surface area (Å²) in [7, 11) is 1.73. The van der Waals surface area contributed by atoms with Crippen LogP contribution in [0.5, 0.6) is 5.75 Å². The number of aromatic nitrogens is 1. The largest absolute Gasteiger partial charge is 0.496 e. The van der Waals surface area contributed by atoms with Crippen LogP contribution in [0, 0.1) is 0 Å². The number of hydrogen-bond donors (Lipinski definition) is 1. The molecular weight excluding hydrogens is 312 g/mol. The van der Waals surface area contributed by atoms with Crippen molar-refractivity contribution in [2.24, 2.45) is 0 Å². The van der Waals surface area contributed by atoms with Crippen LogP contribution in [0.4, 0.5) is 5.82 Å². The van der Waals surface area contributed by atoms with Gasteiger partial charge in [-0.2, -0.15) is 0 Å². The van der Waals surface area contributed by atoms with Crippen molar-refractivity contribution in [2.45, 2.75) is 38.0 Å². The van der Waals surface area contributed by atoms with E-state index in [9.17, 15) is 4.79 Å². The Morgan fingerprint density at radius 2 is 2.04 bits per heavy atom. The first kappa shape index (κ1) is 15.9. The molecule has 0 spiro atoms. The van der Waals surface area contributed by atoms with Gasteiger partial charge >= 0.3 is 0 Å². The lowest BCUT2D eigenvalue weighted by atomic mass is 9.83. The molecule has 0 bridgehead atoms. The average Bonchev–Trinajstić information content (AvgIpc) is 2.98. The van der Waals surface area contributed by atoms with Gasteiger partial charge in [0.15, 0.2) is 0 Å². The SMILES string of the molecule is COc1ccc(C=C2C(=O)Nc3ncccc32)cc1C1CCCCC1. The van der Waals surface area contributed by atoms with Crippen molar-refractivity contribution in [3.8, 4) is 5.75 Å². The maximum atomic E-state index is 12.3. The molecule has 2 aromatic rings. The third-order valence-corrected chi connectivity index (χ3v) is 5.18. The van der Waals surface area contributed by atoms with Crippen LogP contribution in [0.25, 0.3) is 11.6 Å². The van der Waals surface area contributed by atoms with Gasteiger partial charge in [-0.3, -0.25) is 4.79 Å². The summed E-state index contributed by atoms with van der Waals surface area (Å²) in [5, 5.41) is 2.83. The number of fused-ring (bicyclic) bond motifs is 1. The van der Waals surface area contributed by atoms with E-state index in [1.165, 1.54) is 37.7 Å². The Kier molecular flexibility index (Phi) is 4.26. The Morgan fingerprint density at radius 1 is 1.20 bits per heavy atom. The fourth-order valence-corrected chi connectivity index (χ4v) is 3.90. The molecule has 1 saturated carbocycles. The summed E-state index contributed by atoms with van der Waals surface area (Å²) in [4.78, 5) is 16.5. The molecule has 1 N–H and O–H groups in total. The van der Waals surface area contributed by atoms with Crippen LogP contribution in [0.2, 0.25) is 0 Å². The zero-order chi connectivity index (χ0) is 17.2. The van der Waals surface area contributed by atoms with E-state index in [1.807, 2.05) is 30.3 Å². The maximum Gasteiger partial charge on any atom is 0.257 e. The second-order valence-electron chi connectivity index (χ2n) is 6.75. The van der Waals surface area contributed by atoms with Gasteiger partial charge in [0.1, 0.15) is 11.6 Å². The number of nitrogens with one attached hydrogen (secondary N) is 1. The minimum atomic E-state index is -0.0938. The van der Waals surface area contributed by atoms with E-state index in [-0.39, 0.29) is 5.91 Å². The molecular formula is C21H22N2O2. The molecule has 1 aliphatic heterocycles. The number of amides is 1. The van der Waals surface area contributed by atoms with Crippen molar-refractivity contribution in [1.82, 2.24) is 4.98 Å². The molecule has 0 unspecified atom stereocenters. The van der Waals surface area contributed by atoms with Crippen molar-refractivity contribution in [2.75, 3.05) is 12.4 Å². The molecule has 2 aliphatic rings. The second kappa shape index (κ2) is 6.71. The Bertz CT molecular complexity index is 836. The Balaban J connectivity index is 1.73. The predicted octanol–water partition coefficient (Wildman–Crippen LogP) is 4.63. The average molecular weight is 334 g/mol. The van der Waals surface area contributed by atoms with Gasteiger partial charge in [0.25, 0.3) is 5.91 Å². The first-order valence-electron chi connectivity index (χ1n) is 8.92. The minimum absolute atomic E-state index is 0.0938. The Morgan fingerprint density at radius 3 is 2.84 bits per heavy atom. The molecule has 1 aromatic heterocycles. The first-order chi connectivity index (χ1) is 12.3. The van der Waals surface area contributed by atoms with Crippen molar-refractivity contribution >= 4 is 23.4 Å². The van der Waals surface area contributed by atoms with E-state index in [2.05, 4.69) is 16.4 Å². The summed E-state index contributed by atoms with van der Waals surface area (Å²) in [6, 6.07) is 10.0. The molecule has 4 rings (SSSR count). The van der Waals surface area contributed by atoms with Crippen LogP contribution in [0.1, 0.15) is 54.7 Å². The van der Waals surface area contributed by atoms with Crippen LogP contribution in [-0.2, 0) is 4.79 Å². The van der Waals surface area contributed by atoms with Crippen LogP contribution in [0.3, 0.4) is 0 Å². The molecule has 0 radical (unpaired) electrons. The van der Waals surface area contributed by atoms with E-state index in [4.69, 9.17) is 4.74 Å². The minimum Gasteiger partial charge on any atom is -0.496 e. The lowest BCUT2D eigenvalue weighted by molar-refractivity contribution is -0.110. The molecule has 1 aromatic carbocycles. The lowest BCUT2D eigenvalue weighted by Crippen LogP contribution is -2.07. The van der Waals surface area contributed by atoms with E-state index in [1.54, 1.807) is 13.3 Å². The van der Waals surface area contributed by atoms with Gasteiger partial charge in [0.2, 0.25) is 0 Å². The lowest BCUT2D eigenvalue weighted by Gasteiger charge is -2.24. The highest BCUT2D eigenvalue weighted by molar-refractivity contribution is 6.34. The van der Waals surface area contributed by atoms with Crippen LogP contribution in [0.15, 0.2) is 36.5 Å². The summed E-state index contributed by atoms with van der Waals surface area (Å²) in [5.74, 6) is 2.05. The third kappa shape index (κ3) is 3.04. The highest BCUT2D eigenvalue weighted by Gasteiger charge is 2.25. The van der Waals surface area contributed by atoms with Crippen LogP contribution >= 0.6 is 0 Å². The Hall–Kier alpha value is -2.62. The maximum absolute atomic E-state index is 12.3. The van der Waals surface area contributed by atoms with Gasteiger partial charge in [-0.25, -0.2) is 4.98 Å². The standard InChI is InChI=1S/C21H22N2O2/c1-25-19-10-9-14(12-17(19)15-6-3-2-4-7-15)13-18-16-8-5-11-22-20(16)23-21(18)24/h5,8-13,15H,2-4,6-7H2,1H3,(H,22,23,24). The molecule has 2 heterocycles. The molecule has 1 amide bonds. The zero-order valence-electron chi connectivity index (χ0n) is 14.4. The topological polar surface area (TPSA) is 51.2 Å². The number of pyridine rings is 1. The summed E-state index contributed by atoms with van der Waals surface area (Å²) in [6.07, 6.45) is 9.95. The number of methoxy groups -OCH3 is 1. The van der Waals surface area contributed by atoms with E-state index < -0.39 is 0 Å². The van der Waals surface area contributed by atoms with Gasteiger partial charge in [-0.1, -0.05) is 25.3 Å². The summed E-state index contributed by atoms with van der Waals surface area (Å²) >= 11 is 0. The van der Waals surface area contributed by atoms with Crippen molar-refractivity contribution in [1.29, 1.82) is 0 Å². The summed E-state index contributed by atoms with van der Waals surface area (Å²) in [5.41, 5.74) is 3.83. The molecule has 1 aliphatic carbocycles. The molecule has 4 nitrogen and oxygen atoms in total. The summed E-state index contributed by atoms with van der Waals surface area (Å²) in [6.45, 7) is 0. The normalized spacial score (nSPS) is 18.9. The number of hydrogen-bond acceptors (Lipinski definition) is 3. The second-order valence-corrected chi connectivity index (χ2v) is 6.75. The molecule has 0 saturated heterocycles. The summed E-state index contributed by atoms with van der Waals surface area (Å²) < 4.78 is 5.59. The first-order valence-corrected chi connectivity index (χ1v) is 8.92. The quantitative estimate of drug-likeness (QED) is 0.833. The highest BCUT2D eigenvalue weighted by atomic mass is 16.5. The molecule has 4 heteroatoms. The van der Waals surface area contributed by atoms with Crippen LogP contribution < -0.4 is 10.1 Å². The van der Waals surface area contributed by atoms with Gasteiger partial charge in [-0.15, -0.1) is 0 Å².